The van der Waals surface area contributed by atoms with Crippen LogP contribution in [0.4, 0.5) is 11.6 Å². The maximum atomic E-state index is 6.10. The molecule has 5 heteroatoms. The van der Waals surface area contributed by atoms with Crippen molar-refractivity contribution in [1.29, 1.82) is 0 Å². The van der Waals surface area contributed by atoms with Crippen LogP contribution in [0.15, 0.2) is 0 Å². The van der Waals surface area contributed by atoms with Crippen LogP contribution in [-0.2, 0) is 10.2 Å². The van der Waals surface area contributed by atoms with E-state index < -0.39 is 0 Å². The van der Waals surface area contributed by atoms with E-state index in [0.717, 1.165) is 43.1 Å². The third kappa shape index (κ3) is 2.35. The van der Waals surface area contributed by atoms with Gasteiger partial charge < -0.3 is 15.4 Å². The zero-order valence-corrected chi connectivity index (χ0v) is 12.8. The Labute approximate surface area is 120 Å². The van der Waals surface area contributed by atoms with E-state index in [0.29, 0.717) is 18.0 Å². The van der Waals surface area contributed by atoms with E-state index >= 15 is 0 Å². The summed E-state index contributed by atoms with van der Waals surface area (Å²) in [5, 5.41) is 0. The van der Waals surface area contributed by atoms with Crippen LogP contribution in [0.25, 0.3) is 0 Å². The topological polar surface area (TPSA) is 64.3 Å². The van der Waals surface area contributed by atoms with Gasteiger partial charge in [0.1, 0.15) is 17.5 Å². The van der Waals surface area contributed by atoms with Crippen LogP contribution in [0.2, 0.25) is 0 Å². The minimum atomic E-state index is -0.0954. The molecule has 2 atom stereocenters. The molecule has 3 rings (SSSR count). The van der Waals surface area contributed by atoms with Gasteiger partial charge in [-0.2, -0.15) is 0 Å². The normalized spacial score (nSPS) is 26.1. The summed E-state index contributed by atoms with van der Waals surface area (Å²) in [7, 11) is 0. The van der Waals surface area contributed by atoms with Crippen LogP contribution in [0.5, 0.6) is 0 Å². The molecule has 2 bridgehead atoms. The summed E-state index contributed by atoms with van der Waals surface area (Å²) in [6.45, 7) is 10.2. The fraction of sp³-hybridized carbons (Fsp3) is 0.733. The molecule has 20 heavy (non-hydrogen) atoms. The average molecular weight is 276 g/mol. The van der Waals surface area contributed by atoms with Crippen LogP contribution >= 0.6 is 0 Å². The monoisotopic (exact) mass is 276 g/mol. The summed E-state index contributed by atoms with van der Waals surface area (Å²) in [6, 6.07) is 0. The van der Waals surface area contributed by atoms with Crippen molar-refractivity contribution in [3.8, 4) is 0 Å². The first-order valence-corrected chi connectivity index (χ1v) is 7.39. The van der Waals surface area contributed by atoms with E-state index in [9.17, 15) is 0 Å². The van der Waals surface area contributed by atoms with Crippen molar-refractivity contribution in [2.24, 2.45) is 0 Å². The van der Waals surface area contributed by atoms with Gasteiger partial charge in [-0.3, -0.25) is 0 Å². The molecule has 2 aliphatic heterocycles. The van der Waals surface area contributed by atoms with Gasteiger partial charge >= 0.3 is 0 Å². The maximum absolute atomic E-state index is 6.10. The lowest BCUT2D eigenvalue weighted by Gasteiger charge is -2.34. The molecule has 1 aromatic heterocycles. The molecular weight excluding hydrogens is 252 g/mol. The van der Waals surface area contributed by atoms with Crippen molar-refractivity contribution in [2.75, 3.05) is 23.7 Å². The number of hydrogen-bond acceptors (Lipinski definition) is 5. The molecule has 0 aliphatic carbocycles. The molecule has 2 N–H and O–H groups in total. The lowest BCUT2D eigenvalue weighted by Crippen LogP contribution is -2.43. The standard InChI is InChI=1S/C15H24N4O/c1-9-12(16)17-14(15(2,3)4)18-13(9)19-7-10-5-6-11(8-19)20-10/h10-11H,5-8H2,1-4H3,(H2,16,17,18). The molecule has 0 radical (unpaired) electrons. The van der Waals surface area contributed by atoms with E-state index in [1.54, 1.807) is 0 Å². The Morgan fingerprint density at radius 2 is 1.75 bits per heavy atom. The highest BCUT2D eigenvalue weighted by Gasteiger charge is 2.35. The van der Waals surface area contributed by atoms with Gasteiger partial charge in [-0.15, -0.1) is 0 Å². The Kier molecular flexibility index (Phi) is 3.12. The zero-order valence-electron chi connectivity index (χ0n) is 12.8. The SMILES string of the molecule is Cc1c(N)nc(C(C)(C)C)nc1N1CC2CCC(C1)O2. The van der Waals surface area contributed by atoms with Gasteiger partial charge in [0.25, 0.3) is 0 Å². The molecule has 2 saturated heterocycles. The molecule has 0 saturated carbocycles. The molecule has 2 unspecified atom stereocenters. The predicted molar refractivity (Wildman–Crippen MR) is 80.0 cm³/mol. The number of aromatic nitrogens is 2. The van der Waals surface area contributed by atoms with Crippen molar-refractivity contribution >= 4 is 11.6 Å². The molecule has 5 nitrogen and oxygen atoms in total. The number of hydrogen-bond donors (Lipinski definition) is 1. The lowest BCUT2D eigenvalue weighted by atomic mass is 9.95. The second-order valence-electron chi connectivity index (χ2n) is 6.99. The van der Waals surface area contributed by atoms with E-state index in [4.69, 9.17) is 15.5 Å². The molecule has 0 spiro atoms. The Bertz CT molecular complexity index is 511. The summed E-state index contributed by atoms with van der Waals surface area (Å²) in [6.07, 6.45) is 3.02. The minimum absolute atomic E-state index is 0.0954. The van der Waals surface area contributed by atoms with Crippen molar-refractivity contribution in [2.45, 2.75) is 58.2 Å². The summed E-state index contributed by atoms with van der Waals surface area (Å²) < 4.78 is 5.90. The maximum Gasteiger partial charge on any atom is 0.138 e. The van der Waals surface area contributed by atoms with E-state index in [-0.39, 0.29) is 5.41 Å². The van der Waals surface area contributed by atoms with Gasteiger partial charge in [-0.25, -0.2) is 9.97 Å². The number of anilines is 2. The van der Waals surface area contributed by atoms with Gasteiger partial charge in [0.15, 0.2) is 0 Å². The van der Waals surface area contributed by atoms with Crippen molar-refractivity contribution in [3.05, 3.63) is 11.4 Å². The lowest BCUT2D eigenvalue weighted by molar-refractivity contribution is 0.0301. The molecule has 2 fully saturated rings. The second kappa shape index (κ2) is 4.58. The van der Waals surface area contributed by atoms with E-state index in [1.165, 1.54) is 0 Å². The van der Waals surface area contributed by atoms with Gasteiger partial charge in [0.05, 0.1) is 12.2 Å². The Balaban J connectivity index is 1.98. The highest BCUT2D eigenvalue weighted by molar-refractivity contribution is 5.57. The first-order chi connectivity index (χ1) is 9.34. The van der Waals surface area contributed by atoms with E-state index in [2.05, 4.69) is 30.7 Å². The first kappa shape index (κ1) is 13.6. The smallest absolute Gasteiger partial charge is 0.138 e. The highest BCUT2D eigenvalue weighted by Crippen LogP contribution is 2.32. The molecular formula is C15H24N4O. The van der Waals surface area contributed by atoms with Crippen molar-refractivity contribution < 1.29 is 4.74 Å². The van der Waals surface area contributed by atoms with Crippen LogP contribution in [0, 0.1) is 6.92 Å². The third-order valence-electron chi connectivity index (χ3n) is 4.17. The van der Waals surface area contributed by atoms with Gasteiger partial charge in [-0.1, -0.05) is 20.8 Å². The molecule has 3 heterocycles. The number of fused-ring (bicyclic) bond motifs is 2. The minimum Gasteiger partial charge on any atom is -0.383 e. The van der Waals surface area contributed by atoms with Gasteiger partial charge in [-0.05, 0) is 19.8 Å². The largest absolute Gasteiger partial charge is 0.383 e. The Morgan fingerprint density at radius 1 is 1.15 bits per heavy atom. The zero-order chi connectivity index (χ0) is 14.5. The summed E-state index contributed by atoms with van der Waals surface area (Å²) in [5.41, 5.74) is 6.99. The number of ether oxygens (including phenoxy) is 1. The average Bonchev–Trinajstić information content (AvgIpc) is 2.70. The molecule has 110 valence electrons. The van der Waals surface area contributed by atoms with Crippen LogP contribution in [-0.4, -0.2) is 35.3 Å². The summed E-state index contributed by atoms with van der Waals surface area (Å²) in [4.78, 5) is 11.6. The molecule has 1 aromatic rings. The summed E-state index contributed by atoms with van der Waals surface area (Å²) in [5.74, 6) is 2.40. The van der Waals surface area contributed by atoms with Crippen LogP contribution < -0.4 is 10.6 Å². The quantitative estimate of drug-likeness (QED) is 0.850. The number of rotatable bonds is 1. The molecule has 2 aliphatic rings. The molecule has 0 amide bonds. The van der Waals surface area contributed by atoms with Gasteiger partial charge in [0, 0.05) is 24.1 Å². The Hall–Kier alpha value is -1.36. The third-order valence-corrected chi connectivity index (χ3v) is 4.17. The number of nitrogens with two attached hydrogens (primary N) is 1. The second-order valence-corrected chi connectivity index (χ2v) is 6.99. The number of nitrogens with zero attached hydrogens (tertiary/aromatic N) is 3. The number of morpholine rings is 1. The fourth-order valence-electron chi connectivity index (χ4n) is 2.95. The fourth-order valence-corrected chi connectivity index (χ4v) is 2.95. The molecule has 0 aromatic carbocycles. The van der Waals surface area contributed by atoms with E-state index in [1.807, 2.05) is 6.92 Å². The number of nitrogen functional groups attached to an aromatic ring is 1. The first-order valence-electron chi connectivity index (χ1n) is 7.39. The van der Waals surface area contributed by atoms with Gasteiger partial charge in [0.2, 0.25) is 0 Å². The van der Waals surface area contributed by atoms with Crippen molar-refractivity contribution in [3.63, 3.8) is 0 Å². The van der Waals surface area contributed by atoms with Crippen LogP contribution in [0.1, 0.15) is 45.0 Å². The predicted octanol–water partition coefficient (Wildman–Crippen LogP) is 2.03. The Morgan fingerprint density at radius 3 is 2.30 bits per heavy atom. The van der Waals surface area contributed by atoms with Crippen LogP contribution in [0.3, 0.4) is 0 Å². The summed E-state index contributed by atoms with van der Waals surface area (Å²) >= 11 is 0. The highest BCUT2D eigenvalue weighted by atomic mass is 16.5. The van der Waals surface area contributed by atoms with Crippen molar-refractivity contribution in [1.82, 2.24) is 9.97 Å².